The van der Waals surface area contributed by atoms with Crippen molar-refractivity contribution < 1.29 is 18.0 Å². The number of rotatable bonds is 4. The Morgan fingerprint density at radius 3 is 2.21 bits per heavy atom. The third-order valence-electron chi connectivity index (χ3n) is 2.91. The van der Waals surface area contributed by atoms with Crippen molar-refractivity contribution in [2.24, 2.45) is 0 Å². The van der Waals surface area contributed by atoms with Crippen LogP contribution in [-0.2, 0) is 14.8 Å². The largest absolute Gasteiger partial charge is 0.397 e. The van der Waals surface area contributed by atoms with Crippen molar-refractivity contribution >= 4 is 84.6 Å². The van der Waals surface area contributed by atoms with Gasteiger partial charge in [-0.1, -0.05) is 18.2 Å². The molecule has 0 bridgehead atoms. The molecular formula is C15H15KN3O4S. The number of hydrogen-bond acceptors (Lipinski definition) is 5. The molecule has 2 amide bonds. The standard InChI is InChI=1S/C15H15N3O4S.K/c1-10(19)17-14-8-7-11(9-13(14)16)15(20)18-23(21,22)12-5-3-2-4-6-12;/h2-9H,16H2,1H3,(H,17,19)(H,18,20);. The van der Waals surface area contributed by atoms with Crippen molar-refractivity contribution in [3.63, 3.8) is 0 Å². The van der Waals surface area contributed by atoms with Gasteiger partial charge in [0.2, 0.25) is 5.91 Å². The first-order valence-corrected chi connectivity index (χ1v) is 8.07. The minimum Gasteiger partial charge on any atom is -0.397 e. The van der Waals surface area contributed by atoms with Crippen molar-refractivity contribution in [1.29, 1.82) is 0 Å². The first-order valence-electron chi connectivity index (χ1n) is 6.59. The third-order valence-corrected chi connectivity index (χ3v) is 4.25. The molecule has 0 aliphatic rings. The van der Waals surface area contributed by atoms with E-state index >= 15 is 0 Å². The van der Waals surface area contributed by atoms with Gasteiger partial charge in [0.15, 0.2) is 0 Å². The van der Waals surface area contributed by atoms with Gasteiger partial charge in [0.25, 0.3) is 15.9 Å². The molecule has 0 aromatic heterocycles. The molecule has 0 unspecified atom stereocenters. The van der Waals surface area contributed by atoms with Gasteiger partial charge in [0.05, 0.1) is 16.3 Å². The molecule has 4 N–H and O–H groups in total. The summed E-state index contributed by atoms with van der Waals surface area (Å²) < 4.78 is 26.2. The molecule has 0 heterocycles. The average Bonchev–Trinajstić information content (AvgIpc) is 2.49. The van der Waals surface area contributed by atoms with E-state index in [-0.39, 0.29) is 73.4 Å². The molecule has 7 nitrogen and oxygen atoms in total. The maximum Gasteiger partial charge on any atom is 0.265 e. The van der Waals surface area contributed by atoms with Crippen LogP contribution in [0, 0.1) is 0 Å². The zero-order valence-corrected chi connectivity index (χ0v) is 17.2. The molecule has 0 saturated carbocycles. The zero-order valence-electron chi connectivity index (χ0n) is 13.2. The first-order chi connectivity index (χ1) is 10.8. The number of nitrogens with one attached hydrogen (secondary N) is 2. The minimum absolute atomic E-state index is 0. The van der Waals surface area contributed by atoms with Crippen LogP contribution < -0.4 is 15.8 Å². The normalized spacial score (nSPS) is 10.4. The van der Waals surface area contributed by atoms with Crippen molar-refractivity contribution in [3.8, 4) is 0 Å². The van der Waals surface area contributed by atoms with E-state index in [1.165, 1.54) is 37.3 Å². The van der Waals surface area contributed by atoms with Crippen molar-refractivity contribution in [2.45, 2.75) is 11.8 Å². The number of anilines is 2. The van der Waals surface area contributed by atoms with Gasteiger partial charge in [-0.25, -0.2) is 13.1 Å². The second-order valence-electron chi connectivity index (χ2n) is 4.73. The molecule has 2 rings (SSSR count). The van der Waals surface area contributed by atoms with Crippen molar-refractivity contribution in [1.82, 2.24) is 4.72 Å². The number of benzene rings is 2. The monoisotopic (exact) mass is 372 g/mol. The molecule has 0 aliphatic heterocycles. The maximum absolute atomic E-state index is 12.1. The van der Waals surface area contributed by atoms with Crippen LogP contribution in [-0.4, -0.2) is 71.6 Å². The van der Waals surface area contributed by atoms with Crippen LogP contribution in [0.2, 0.25) is 0 Å². The molecule has 0 saturated heterocycles. The fraction of sp³-hybridized carbons (Fsp3) is 0.0667. The van der Waals surface area contributed by atoms with E-state index in [2.05, 4.69) is 5.32 Å². The van der Waals surface area contributed by atoms with E-state index < -0.39 is 15.9 Å². The molecule has 24 heavy (non-hydrogen) atoms. The summed E-state index contributed by atoms with van der Waals surface area (Å²) in [4.78, 5) is 23.1. The van der Waals surface area contributed by atoms with E-state index in [9.17, 15) is 18.0 Å². The van der Waals surface area contributed by atoms with Crippen LogP contribution >= 0.6 is 0 Å². The summed E-state index contributed by atoms with van der Waals surface area (Å²) in [6.07, 6.45) is 0. The van der Waals surface area contributed by atoms with Gasteiger partial charge >= 0.3 is 0 Å². The Bertz CT molecular complexity index is 854. The predicted molar refractivity (Wildman–Crippen MR) is 92.0 cm³/mol. The van der Waals surface area contributed by atoms with E-state index in [0.717, 1.165) is 0 Å². The fourth-order valence-corrected chi connectivity index (χ4v) is 2.84. The zero-order chi connectivity index (χ0) is 17.0. The van der Waals surface area contributed by atoms with Crippen LogP contribution in [0.1, 0.15) is 17.3 Å². The maximum atomic E-state index is 12.1. The number of amides is 2. The van der Waals surface area contributed by atoms with Gasteiger partial charge in [-0.3, -0.25) is 9.59 Å². The van der Waals surface area contributed by atoms with Crippen LogP contribution in [0.5, 0.6) is 0 Å². The Morgan fingerprint density at radius 1 is 1.04 bits per heavy atom. The van der Waals surface area contributed by atoms with E-state index in [1.807, 2.05) is 4.72 Å². The summed E-state index contributed by atoms with van der Waals surface area (Å²) in [6, 6.07) is 11.6. The molecule has 0 aliphatic carbocycles. The van der Waals surface area contributed by atoms with Crippen LogP contribution in [0.4, 0.5) is 11.4 Å². The Balaban J connectivity index is 0.00000288. The summed E-state index contributed by atoms with van der Waals surface area (Å²) in [6.45, 7) is 1.33. The minimum atomic E-state index is -3.96. The van der Waals surface area contributed by atoms with Crippen molar-refractivity contribution in [2.75, 3.05) is 11.1 Å². The molecule has 0 fully saturated rings. The number of nitrogen functional groups attached to an aromatic ring is 1. The quantitative estimate of drug-likeness (QED) is 0.546. The topological polar surface area (TPSA) is 118 Å². The van der Waals surface area contributed by atoms with Crippen LogP contribution in [0.25, 0.3) is 0 Å². The van der Waals surface area contributed by atoms with Gasteiger partial charge in [0, 0.05) is 63.9 Å². The molecule has 0 atom stereocenters. The average molecular weight is 372 g/mol. The fourth-order valence-electron chi connectivity index (χ4n) is 1.85. The second kappa shape index (κ2) is 8.74. The van der Waals surface area contributed by atoms with Crippen LogP contribution in [0.3, 0.4) is 0 Å². The van der Waals surface area contributed by atoms with Crippen molar-refractivity contribution in [3.05, 3.63) is 54.1 Å². The number of hydrogen-bond donors (Lipinski definition) is 3. The number of nitrogens with two attached hydrogens (primary N) is 1. The van der Waals surface area contributed by atoms with Gasteiger partial charge in [-0.15, -0.1) is 0 Å². The SMILES string of the molecule is CC(=O)Nc1ccc(C(=O)NS(=O)(=O)c2ccccc2)cc1N.[K]. The molecule has 2 aromatic rings. The van der Waals surface area contributed by atoms with Gasteiger partial charge in [0.1, 0.15) is 0 Å². The Kier molecular flexibility index (Phi) is 7.58. The molecular weight excluding hydrogens is 357 g/mol. The van der Waals surface area contributed by atoms with E-state index in [1.54, 1.807) is 18.2 Å². The number of carbonyl (C=O) groups is 2. The van der Waals surface area contributed by atoms with Crippen LogP contribution in [0.15, 0.2) is 53.4 Å². The van der Waals surface area contributed by atoms with E-state index in [4.69, 9.17) is 5.73 Å². The summed E-state index contributed by atoms with van der Waals surface area (Å²) >= 11 is 0. The van der Waals surface area contributed by atoms with Gasteiger partial charge in [-0.05, 0) is 30.3 Å². The van der Waals surface area contributed by atoms with Gasteiger partial charge < -0.3 is 11.1 Å². The number of carbonyl (C=O) groups excluding carboxylic acids is 2. The summed E-state index contributed by atoms with van der Waals surface area (Å²) in [5, 5.41) is 2.50. The third kappa shape index (κ3) is 5.40. The predicted octanol–water partition coefficient (Wildman–Crippen LogP) is 0.965. The summed E-state index contributed by atoms with van der Waals surface area (Å²) in [5.41, 5.74) is 6.31. The second-order valence-corrected chi connectivity index (χ2v) is 6.41. The molecule has 0 spiro atoms. The molecule has 1 radical (unpaired) electrons. The first kappa shape index (κ1) is 20.8. The molecule has 9 heteroatoms. The Labute approximate surface area is 182 Å². The summed E-state index contributed by atoms with van der Waals surface area (Å²) in [5.74, 6) is -1.12. The summed E-state index contributed by atoms with van der Waals surface area (Å²) in [7, 11) is -3.96. The smallest absolute Gasteiger partial charge is 0.265 e. The Hall–Kier alpha value is -1.23. The molecule has 2 aromatic carbocycles. The van der Waals surface area contributed by atoms with E-state index in [0.29, 0.717) is 5.69 Å². The number of sulfonamides is 1. The Morgan fingerprint density at radius 2 is 1.67 bits per heavy atom. The molecule has 121 valence electrons. The van der Waals surface area contributed by atoms with Gasteiger partial charge in [-0.2, -0.15) is 0 Å².